The highest BCUT2D eigenvalue weighted by atomic mass is 16.6. The van der Waals surface area contributed by atoms with Crippen LogP contribution < -0.4 is 0 Å². The van der Waals surface area contributed by atoms with Gasteiger partial charge in [0.15, 0.2) is 5.65 Å². The zero-order chi connectivity index (χ0) is 15.7. The smallest absolute Gasteiger partial charge is 0.410 e. The molecule has 0 saturated carbocycles. The van der Waals surface area contributed by atoms with E-state index < -0.39 is 5.60 Å². The number of rotatable bonds is 1. The van der Waals surface area contributed by atoms with Crippen molar-refractivity contribution in [3.63, 3.8) is 0 Å². The second kappa shape index (κ2) is 5.59. The van der Waals surface area contributed by atoms with E-state index >= 15 is 0 Å². The molecule has 0 spiro atoms. The minimum absolute atomic E-state index is 0.219. The van der Waals surface area contributed by atoms with Crippen molar-refractivity contribution in [2.45, 2.75) is 45.3 Å². The summed E-state index contributed by atoms with van der Waals surface area (Å²) in [4.78, 5) is 22.5. The standard InChI is InChI=1S/C16H22N4O2/c1-16(2,3)22-15(21)19-9-6-12(7-10-19)20-11-18-14-13(20)5-4-8-17-14/h4-5,8,11-12H,6-7,9-10H2,1-3H3. The minimum atomic E-state index is -0.444. The molecule has 1 fully saturated rings. The molecule has 0 aromatic carbocycles. The van der Waals surface area contributed by atoms with Gasteiger partial charge in [0.1, 0.15) is 5.60 Å². The van der Waals surface area contributed by atoms with Crippen LogP contribution in [-0.4, -0.2) is 44.2 Å². The lowest BCUT2D eigenvalue weighted by molar-refractivity contribution is 0.0189. The Morgan fingerprint density at radius 3 is 2.68 bits per heavy atom. The largest absolute Gasteiger partial charge is 0.444 e. The van der Waals surface area contributed by atoms with Gasteiger partial charge in [-0.15, -0.1) is 0 Å². The molecule has 22 heavy (non-hydrogen) atoms. The summed E-state index contributed by atoms with van der Waals surface area (Å²) in [6.07, 6.45) is 5.19. The lowest BCUT2D eigenvalue weighted by Gasteiger charge is -2.34. The Labute approximate surface area is 130 Å². The van der Waals surface area contributed by atoms with Gasteiger partial charge in [-0.05, 0) is 45.7 Å². The minimum Gasteiger partial charge on any atom is -0.444 e. The van der Waals surface area contributed by atoms with Gasteiger partial charge in [-0.3, -0.25) is 0 Å². The van der Waals surface area contributed by atoms with Gasteiger partial charge < -0.3 is 14.2 Å². The van der Waals surface area contributed by atoms with Crippen molar-refractivity contribution in [3.8, 4) is 0 Å². The molecule has 0 aliphatic carbocycles. The highest BCUT2D eigenvalue weighted by Gasteiger charge is 2.28. The number of ether oxygens (including phenoxy) is 1. The van der Waals surface area contributed by atoms with Crippen LogP contribution in [0.4, 0.5) is 4.79 Å². The number of hydrogen-bond acceptors (Lipinski definition) is 4. The number of likely N-dealkylation sites (tertiary alicyclic amines) is 1. The van der Waals surface area contributed by atoms with Crippen molar-refractivity contribution >= 4 is 17.3 Å². The fourth-order valence-corrected chi connectivity index (χ4v) is 2.81. The Morgan fingerprint density at radius 1 is 1.27 bits per heavy atom. The Morgan fingerprint density at radius 2 is 2.00 bits per heavy atom. The highest BCUT2D eigenvalue weighted by molar-refractivity contribution is 5.70. The summed E-state index contributed by atoms with van der Waals surface area (Å²) in [7, 11) is 0. The molecule has 118 valence electrons. The molecule has 6 heteroatoms. The number of amides is 1. The SMILES string of the molecule is CC(C)(C)OC(=O)N1CCC(n2cnc3ncccc32)CC1. The molecule has 1 amide bonds. The summed E-state index contributed by atoms with van der Waals surface area (Å²) in [6, 6.07) is 4.32. The van der Waals surface area contributed by atoms with Gasteiger partial charge >= 0.3 is 6.09 Å². The summed E-state index contributed by atoms with van der Waals surface area (Å²) in [6.45, 7) is 7.09. The Balaban J connectivity index is 1.66. The van der Waals surface area contributed by atoms with E-state index in [1.165, 1.54) is 0 Å². The third kappa shape index (κ3) is 3.05. The number of hydrogen-bond donors (Lipinski definition) is 0. The van der Waals surface area contributed by atoms with E-state index in [0.717, 1.165) is 24.0 Å². The van der Waals surface area contributed by atoms with E-state index in [9.17, 15) is 4.79 Å². The third-order valence-electron chi connectivity index (χ3n) is 3.86. The van der Waals surface area contributed by atoms with Crippen molar-refractivity contribution in [2.24, 2.45) is 0 Å². The molecule has 3 heterocycles. The van der Waals surface area contributed by atoms with Crippen LogP contribution in [0.25, 0.3) is 11.2 Å². The van der Waals surface area contributed by atoms with Crippen LogP contribution in [0.2, 0.25) is 0 Å². The van der Waals surface area contributed by atoms with E-state index in [1.54, 1.807) is 11.1 Å². The summed E-state index contributed by atoms with van der Waals surface area (Å²) in [5, 5.41) is 0. The molecule has 2 aromatic rings. The number of nitrogens with zero attached hydrogens (tertiary/aromatic N) is 4. The molecule has 2 aromatic heterocycles. The quantitative estimate of drug-likeness (QED) is 0.812. The Bertz CT molecular complexity index is 666. The predicted molar refractivity (Wildman–Crippen MR) is 83.6 cm³/mol. The molecular weight excluding hydrogens is 280 g/mol. The molecule has 0 N–H and O–H groups in total. The summed E-state index contributed by atoms with van der Waals surface area (Å²) >= 11 is 0. The van der Waals surface area contributed by atoms with Crippen molar-refractivity contribution in [1.82, 2.24) is 19.4 Å². The zero-order valence-electron chi connectivity index (χ0n) is 13.3. The number of pyridine rings is 1. The average Bonchev–Trinajstić information content (AvgIpc) is 2.89. The summed E-state index contributed by atoms with van der Waals surface area (Å²) < 4.78 is 7.61. The maximum absolute atomic E-state index is 12.1. The lowest BCUT2D eigenvalue weighted by atomic mass is 10.1. The van der Waals surface area contributed by atoms with Crippen LogP contribution in [0.15, 0.2) is 24.7 Å². The Hall–Kier alpha value is -2.11. The van der Waals surface area contributed by atoms with Crippen LogP contribution in [0, 0.1) is 0 Å². The van der Waals surface area contributed by atoms with Crippen LogP contribution in [0.1, 0.15) is 39.7 Å². The first-order valence-corrected chi connectivity index (χ1v) is 7.69. The molecule has 1 aliphatic heterocycles. The maximum Gasteiger partial charge on any atom is 0.410 e. The number of carbonyl (C=O) groups excluding carboxylic acids is 1. The van der Waals surface area contributed by atoms with Crippen LogP contribution >= 0.6 is 0 Å². The molecule has 1 aliphatic rings. The fourth-order valence-electron chi connectivity index (χ4n) is 2.81. The van der Waals surface area contributed by atoms with Gasteiger partial charge in [-0.1, -0.05) is 0 Å². The summed E-state index contributed by atoms with van der Waals surface area (Å²) in [5.74, 6) is 0. The molecule has 3 rings (SSSR count). The maximum atomic E-state index is 12.1. The highest BCUT2D eigenvalue weighted by Crippen LogP contribution is 2.26. The third-order valence-corrected chi connectivity index (χ3v) is 3.86. The normalized spacial score (nSPS) is 17.0. The van der Waals surface area contributed by atoms with E-state index in [2.05, 4.69) is 14.5 Å². The number of aromatic nitrogens is 3. The van der Waals surface area contributed by atoms with E-state index in [4.69, 9.17) is 4.74 Å². The van der Waals surface area contributed by atoms with Gasteiger partial charge in [-0.25, -0.2) is 14.8 Å². The fraction of sp³-hybridized carbons (Fsp3) is 0.562. The summed E-state index contributed by atoms with van der Waals surface area (Å²) in [5.41, 5.74) is 1.38. The average molecular weight is 302 g/mol. The van der Waals surface area contributed by atoms with E-state index in [-0.39, 0.29) is 6.09 Å². The van der Waals surface area contributed by atoms with Crippen LogP contribution in [0.5, 0.6) is 0 Å². The van der Waals surface area contributed by atoms with Gasteiger partial charge in [0.25, 0.3) is 0 Å². The van der Waals surface area contributed by atoms with Gasteiger partial charge in [-0.2, -0.15) is 0 Å². The first-order chi connectivity index (χ1) is 10.4. The zero-order valence-corrected chi connectivity index (χ0v) is 13.3. The monoisotopic (exact) mass is 302 g/mol. The van der Waals surface area contributed by atoms with Crippen LogP contribution in [0.3, 0.4) is 0 Å². The molecule has 6 nitrogen and oxygen atoms in total. The second-order valence-electron chi connectivity index (χ2n) is 6.70. The molecule has 0 radical (unpaired) electrons. The van der Waals surface area contributed by atoms with E-state index in [1.807, 2.05) is 39.2 Å². The molecule has 0 atom stereocenters. The number of piperidine rings is 1. The number of imidazole rings is 1. The van der Waals surface area contributed by atoms with Crippen molar-refractivity contribution in [1.29, 1.82) is 0 Å². The van der Waals surface area contributed by atoms with Gasteiger partial charge in [0.05, 0.1) is 11.8 Å². The van der Waals surface area contributed by atoms with Gasteiger partial charge in [0, 0.05) is 25.3 Å². The number of carbonyl (C=O) groups is 1. The van der Waals surface area contributed by atoms with Crippen molar-refractivity contribution in [3.05, 3.63) is 24.7 Å². The first-order valence-electron chi connectivity index (χ1n) is 7.69. The van der Waals surface area contributed by atoms with Crippen molar-refractivity contribution < 1.29 is 9.53 Å². The molecular formula is C16H22N4O2. The van der Waals surface area contributed by atoms with Gasteiger partial charge in [0.2, 0.25) is 0 Å². The number of fused-ring (bicyclic) bond motifs is 1. The first kappa shape index (κ1) is 14.8. The predicted octanol–water partition coefficient (Wildman–Crippen LogP) is 3.00. The van der Waals surface area contributed by atoms with E-state index in [0.29, 0.717) is 19.1 Å². The van der Waals surface area contributed by atoms with Crippen molar-refractivity contribution in [2.75, 3.05) is 13.1 Å². The molecule has 1 saturated heterocycles. The second-order valence-corrected chi connectivity index (χ2v) is 6.70. The molecule has 0 unspecified atom stereocenters. The van der Waals surface area contributed by atoms with Crippen LogP contribution in [-0.2, 0) is 4.74 Å². The lowest BCUT2D eigenvalue weighted by Crippen LogP contribution is -2.42. The topological polar surface area (TPSA) is 60.2 Å². The molecule has 0 bridgehead atoms. The Kier molecular flexibility index (Phi) is 3.76.